The van der Waals surface area contributed by atoms with E-state index in [-0.39, 0.29) is 19.4 Å². The van der Waals surface area contributed by atoms with E-state index in [2.05, 4.69) is 4.98 Å². The molecule has 1 aromatic carbocycles. The van der Waals surface area contributed by atoms with Crippen LogP contribution in [-0.2, 0) is 11.3 Å². The average Bonchev–Trinajstić information content (AvgIpc) is 3.01. The third-order valence-electron chi connectivity index (χ3n) is 3.87. The molecule has 0 bridgehead atoms. The first-order valence-electron chi connectivity index (χ1n) is 7.62. The first-order chi connectivity index (χ1) is 12.0. The molecule has 3 rings (SSSR count). The number of ether oxygens (including phenoxy) is 1. The molecule has 0 saturated carbocycles. The van der Waals surface area contributed by atoms with Gasteiger partial charge in [0.1, 0.15) is 10.6 Å². The Bertz CT molecular complexity index is 1050. The number of H-pyrrole nitrogens is 1. The molecule has 0 saturated heterocycles. The zero-order valence-corrected chi connectivity index (χ0v) is 14.3. The number of nitrogens with zero attached hydrogens (tertiary/aromatic N) is 1. The van der Waals surface area contributed by atoms with Gasteiger partial charge in [0, 0.05) is 23.9 Å². The molecule has 25 heavy (non-hydrogen) atoms. The normalized spacial score (nSPS) is 10.9. The number of carboxylic acid groups (broad SMARTS) is 1. The highest BCUT2D eigenvalue weighted by Crippen LogP contribution is 2.32. The Kier molecular flexibility index (Phi) is 4.71. The maximum absolute atomic E-state index is 12.8. The lowest BCUT2D eigenvalue weighted by Crippen LogP contribution is -2.34. The molecule has 0 atom stereocenters. The van der Waals surface area contributed by atoms with Gasteiger partial charge in [0.05, 0.1) is 12.5 Å². The predicted octanol–water partition coefficient (Wildman–Crippen LogP) is 2.29. The summed E-state index contributed by atoms with van der Waals surface area (Å²) in [6.45, 7) is 0.0593. The summed E-state index contributed by atoms with van der Waals surface area (Å²) in [5, 5.41) is 11.0. The summed E-state index contributed by atoms with van der Waals surface area (Å²) in [5.74, 6) is -0.291. The van der Waals surface area contributed by atoms with Gasteiger partial charge in [-0.05, 0) is 24.1 Å². The second kappa shape index (κ2) is 6.94. The van der Waals surface area contributed by atoms with Crippen molar-refractivity contribution in [3.05, 3.63) is 50.5 Å². The zero-order valence-electron chi connectivity index (χ0n) is 13.4. The van der Waals surface area contributed by atoms with Crippen molar-refractivity contribution in [1.82, 2.24) is 9.55 Å². The van der Waals surface area contributed by atoms with E-state index in [9.17, 15) is 14.4 Å². The van der Waals surface area contributed by atoms with Gasteiger partial charge in [-0.15, -0.1) is 11.3 Å². The van der Waals surface area contributed by atoms with Gasteiger partial charge in [0.15, 0.2) is 0 Å². The van der Waals surface area contributed by atoms with Crippen LogP contribution in [-0.4, -0.2) is 27.7 Å². The fourth-order valence-corrected chi connectivity index (χ4v) is 3.60. The van der Waals surface area contributed by atoms with E-state index in [0.717, 1.165) is 10.1 Å². The number of carboxylic acids is 1. The van der Waals surface area contributed by atoms with E-state index in [0.29, 0.717) is 21.5 Å². The Labute approximate surface area is 146 Å². The number of methoxy groups -OCH3 is 1. The lowest BCUT2D eigenvalue weighted by atomic mass is 10.1. The number of carbonyl (C=O) groups is 1. The highest BCUT2D eigenvalue weighted by atomic mass is 32.1. The summed E-state index contributed by atoms with van der Waals surface area (Å²) in [6, 6.07) is 7.32. The third-order valence-corrected chi connectivity index (χ3v) is 4.76. The topological polar surface area (TPSA) is 101 Å². The number of aromatic amines is 1. The summed E-state index contributed by atoms with van der Waals surface area (Å²) >= 11 is 1.28. The molecule has 0 aliphatic heterocycles. The van der Waals surface area contributed by atoms with Crippen LogP contribution in [0.2, 0.25) is 0 Å². The number of fused-ring (bicyclic) bond motifs is 1. The Morgan fingerprint density at radius 3 is 2.88 bits per heavy atom. The predicted molar refractivity (Wildman–Crippen MR) is 95.6 cm³/mol. The molecule has 0 amide bonds. The summed E-state index contributed by atoms with van der Waals surface area (Å²) < 4.78 is 6.28. The largest absolute Gasteiger partial charge is 0.497 e. The Hall–Kier alpha value is -2.87. The second-order valence-electron chi connectivity index (χ2n) is 5.47. The number of rotatable bonds is 6. The standard InChI is InChI=1S/C17H16N2O5S/c1-24-11-5-2-4-10(8-11)12-9-25-15-14(12)16(22)19(17(23)18-15)7-3-6-13(20)21/h2,4-5,8-9H,3,6-7H2,1H3,(H,18,23)(H,20,21). The van der Waals surface area contributed by atoms with Crippen LogP contribution in [0, 0.1) is 0 Å². The summed E-state index contributed by atoms with van der Waals surface area (Å²) in [4.78, 5) is 38.8. The lowest BCUT2D eigenvalue weighted by molar-refractivity contribution is -0.137. The molecule has 0 spiro atoms. The number of hydrogen-bond donors (Lipinski definition) is 2. The number of aromatic nitrogens is 2. The van der Waals surface area contributed by atoms with Crippen molar-refractivity contribution in [2.45, 2.75) is 19.4 Å². The second-order valence-corrected chi connectivity index (χ2v) is 6.35. The van der Waals surface area contributed by atoms with Crippen molar-refractivity contribution < 1.29 is 14.6 Å². The van der Waals surface area contributed by atoms with Crippen molar-refractivity contribution in [3.8, 4) is 16.9 Å². The van der Waals surface area contributed by atoms with Crippen LogP contribution >= 0.6 is 11.3 Å². The van der Waals surface area contributed by atoms with Gasteiger partial charge in [0.2, 0.25) is 0 Å². The molecule has 0 fully saturated rings. The fourth-order valence-electron chi connectivity index (χ4n) is 2.65. The van der Waals surface area contributed by atoms with Crippen LogP contribution in [0.1, 0.15) is 12.8 Å². The van der Waals surface area contributed by atoms with Crippen molar-refractivity contribution in [2.75, 3.05) is 7.11 Å². The molecule has 0 radical (unpaired) electrons. The van der Waals surface area contributed by atoms with Crippen molar-refractivity contribution in [3.63, 3.8) is 0 Å². The molecule has 2 heterocycles. The van der Waals surface area contributed by atoms with Gasteiger partial charge in [0.25, 0.3) is 5.56 Å². The van der Waals surface area contributed by atoms with E-state index >= 15 is 0 Å². The van der Waals surface area contributed by atoms with Crippen LogP contribution in [0.15, 0.2) is 39.2 Å². The van der Waals surface area contributed by atoms with E-state index in [1.54, 1.807) is 7.11 Å². The number of nitrogens with one attached hydrogen (secondary N) is 1. The molecule has 2 aromatic heterocycles. The first kappa shape index (κ1) is 17.0. The van der Waals surface area contributed by atoms with Crippen LogP contribution in [0.25, 0.3) is 21.3 Å². The summed E-state index contributed by atoms with van der Waals surface area (Å²) in [6.07, 6.45) is 0.110. The highest BCUT2D eigenvalue weighted by Gasteiger charge is 2.15. The van der Waals surface area contributed by atoms with Gasteiger partial charge in [-0.25, -0.2) is 4.79 Å². The van der Waals surface area contributed by atoms with Gasteiger partial charge >= 0.3 is 11.7 Å². The van der Waals surface area contributed by atoms with Crippen LogP contribution < -0.4 is 16.0 Å². The molecular weight excluding hydrogens is 344 g/mol. The average molecular weight is 360 g/mol. The molecule has 3 aromatic rings. The molecule has 0 aliphatic carbocycles. The van der Waals surface area contributed by atoms with E-state index in [1.807, 2.05) is 29.6 Å². The Morgan fingerprint density at radius 2 is 2.16 bits per heavy atom. The number of benzene rings is 1. The van der Waals surface area contributed by atoms with Crippen molar-refractivity contribution in [2.24, 2.45) is 0 Å². The molecular formula is C17H16N2O5S. The van der Waals surface area contributed by atoms with Crippen LogP contribution in [0.5, 0.6) is 5.75 Å². The Balaban J connectivity index is 2.11. The Morgan fingerprint density at radius 1 is 1.36 bits per heavy atom. The van der Waals surface area contributed by atoms with E-state index < -0.39 is 17.2 Å². The van der Waals surface area contributed by atoms with Gasteiger partial charge in [-0.1, -0.05) is 12.1 Å². The van der Waals surface area contributed by atoms with Gasteiger partial charge in [-0.2, -0.15) is 0 Å². The molecule has 130 valence electrons. The zero-order chi connectivity index (χ0) is 18.0. The van der Waals surface area contributed by atoms with Crippen LogP contribution in [0.4, 0.5) is 0 Å². The highest BCUT2D eigenvalue weighted by molar-refractivity contribution is 7.17. The minimum Gasteiger partial charge on any atom is -0.497 e. The maximum Gasteiger partial charge on any atom is 0.329 e. The minimum atomic E-state index is -0.960. The number of aliphatic carboxylic acids is 1. The third kappa shape index (κ3) is 3.34. The maximum atomic E-state index is 12.8. The SMILES string of the molecule is COc1cccc(-c2csc3[nH]c(=O)n(CCCC(=O)O)c(=O)c23)c1. The van der Waals surface area contributed by atoms with Crippen LogP contribution in [0.3, 0.4) is 0 Å². The molecule has 2 N–H and O–H groups in total. The van der Waals surface area contributed by atoms with E-state index in [4.69, 9.17) is 9.84 Å². The van der Waals surface area contributed by atoms with E-state index in [1.165, 1.54) is 11.3 Å². The van der Waals surface area contributed by atoms with Crippen molar-refractivity contribution >= 4 is 27.5 Å². The van der Waals surface area contributed by atoms with Crippen molar-refractivity contribution in [1.29, 1.82) is 0 Å². The molecule has 0 unspecified atom stereocenters. The molecule has 7 nitrogen and oxygen atoms in total. The van der Waals surface area contributed by atoms with Gasteiger partial charge in [-0.3, -0.25) is 19.1 Å². The smallest absolute Gasteiger partial charge is 0.329 e. The monoisotopic (exact) mass is 360 g/mol. The molecule has 8 heteroatoms. The quantitative estimate of drug-likeness (QED) is 0.702. The summed E-state index contributed by atoms with van der Waals surface area (Å²) in [5.41, 5.74) is 0.587. The molecule has 0 aliphatic rings. The number of thiophene rings is 1. The lowest BCUT2D eigenvalue weighted by Gasteiger charge is -2.06. The number of hydrogen-bond acceptors (Lipinski definition) is 5. The first-order valence-corrected chi connectivity index (χ1v) is 8.49. The fraction of sp³-hybridized carbons (Fsp3) is 0.235. The minimum absolute atomic E-state index is 0.0593. The summed E-state index contributed by atoms with van der Waals surface area (Å²) in [7, 11) is 1.57. The van der Waals surface area contributed by atoms with Gasteiger partial charge < -0.3 is 9.84 Å².